The molecule has 0 aliphatic carbocycles. The number of aromatic nitrogens is 2. The Bertz CT molecular complexity index is 713. The van der Waals surface area contributed by atoms with Gasteiger partial charge in [-0.3, -0.25) is 4.79 Å². The van der Waals surface area contributed by atoms with Crippen molar-refractivity contribution in [3.63, 3.8) is 0 Å². The third-order valence-electron chi connectivity index (χ3n) is 4.77. The lowest BCUT2D eigenvalue weighted by Crippen LogP contribution is -2.43. The number of likely N-dealkylation sites (tertiary alicyclic amines) is 1. The second-order valence-electron chi connectivity index (χ2n) is 6.39. The Kier molecular flexibility index (Phi) is 5.68. The monoisotopic (exact) mass is 343 g/mol. The highest BCUT2D eigenvalue weighted by Crippen LogP contribution is 2.23. The SMILES string of the molecule is CCC1CCCCN1C(=O)CCc1nc(-c2cccc(OC)c2)no1. The van der Waals surface area contributed by atoms with Gasteiger partial charge in [-0.05, 0) is 37.8 Å². The summed E-state index contributed by atoms with van der Waals surface area (Å²) in [7, 11) is 1.62. The largest absolute Gasteiger partial charge is 0.497 e. The van der Waals surface area contributed by atoms with Crippen LogP contribution in [-0.2, 0) is 11.2 Å². The maximum atomic E-state index is 12.5. The van der Waals surface area contributed by atoms with Gasteiger partial charge in [-0.15, -0.1) is 0 Å². The molecule has 1 aromatic carbocycles. The second kappa shape index (κ2) is 8.14. The fraction of sp³-hybridized carbons (Fsp3) is 0.526. The molecule has 2 aromatic rings. The molecule has 1 unspecified atom stereocenters. The van der Waals surface area contributed by atoms with Crippen LogP contribution in [0.25, 0.3) is 11.4 Å². The van der Waals surface area contributed by atoms with E-state index >= 15 is 0 Å². The number of carbonyl (C=O) groups is 1. The number of benzene rings is 1. The number of methoxy groups -OCH3 is 1. The van der Waals surface area contributed by atoms with Gasteiger partial charge in [-0.2, -0.15) is 4.98 Å². The first-order valence-electron chi connectivity index (χ1n) is 8.97. The van der Waals surface area contributed by atoms with Crippen molar-refractivity contribution in [2.45, 2.75) is 51.5 Å². The maximum absolute atomic E-state index is 12.5. The minimum absolute atomic E-state index is 0.188. The van der Waals surface area contributed by atoms with Gasteiger partial charge in [0.1, 0.15) is 5.75 Å². The van der Waals surface area contributed by atoms with E-state index in [1.807, 2.05) is 29.2 Å². The molecule has 1 aliphatic rings. The van der Waals surface area contributed by atoms with Gasteiger partial charge in [-0.25, -0.2) is 0 Å². The van der Waals surface area contributed by atoms with Gasteiger partial charge in [0.2, 0.25) is 17.6 Å². The van der Waals surface area contributed by atoms with Crippen LogP contribution in [0.1, 0.15) is 44.9 Å². The number of ether oxygens (including phenoxy) is 1. The fourth-order valence-corrected chi connectivity index (χ4v) is 3.35. The Morgan fingerprint density at radius 2 is 2.28 bits per heavy atom. The third-order valence-corrected chi connectivity index (χ3v) is 4.77. The highest BCUT2D eigenvalue weighted by Gasteiger charge is 2.25. The zero-order valence-corrected chi connectivity index (χ0v) is 14.9. The molecule has 1 aliphatic heterocycles. The predicted octanol–water partition coefficient (Wildman–Crippen LogP) is 3.47. The van der Waals surface area contributed by atoms with E-state index in [-0.39, 0.29) is 5.91 Å². The van der Waals surface area contributed by atoms with E-state index in [0.717, 1.165) is 37.1 Å². The van der Waals surface area contributed by atoms with Crippen molar-refractivity contribution < 1.29 is 14.1 Å². The van der Waals surface area contributed by atoms with Gasteiger partial charge in [0.15, 0.2) is 0 Å². The molecule has 0 radical (unpaired) electrons. The molecular formula is C19H25N3O3. The lowest BCUT2D eigenvalue weighted by Gasteiger charge is -2.35. The summed E-state index contributed by atoms with van der Waals surface area (Å²) < 4.78 is 10.5. The summed E-state index contributed by atoms with van der Waals surface area (Å²) >= 11 is 0. The summed E-state index contributed by atoms with van der Waals surface area (Å²) in [6.45, 7) is 3.02. The molecule has 0 N–H and O–H groups in total. The van der Waals surface area contributed by atoms with Gasteiger partial charge in [0.25, 0.3) is 0 Å². The summed E-state index contributed by atoms with van der Waals surface area (Å²) in [5, 5.41) is 4.02. The standard InChI is InChI=1S/C19H25N3O3/c1-3-15-8-4-5-12-22(15)18(23)11-10-17-20-19(21-25-17)14-7-6-9-16(13-14)24-2/h6-7,9,13,15H,3-5,8,10-12H2,1-2H3. The van der Waals surface area contributed by atoms with Crippen LogP contribution in [0, 0.1) is 0 Å². The maximum Gasteiger partial charge on any atom is 0.227 e. The highest BCUT2D eigenvalue weighted by molar-refractivity contribution is 5.76. The molecular weight excluding hydrogens is 318 g/mol. The molecule has 6 heteroatoms. The van der Waals surface area contributed by atoms with Gasteiger partial charge >= 0.3 is 0 Å². The summed E-state index contributed by atoms with van der Waals surface area (Å²) in [5.41, 5.74) is 0.836. The summed E-state index contributed by atoms with van der Waals surface area (Å²) in [6.07, 6.45) is 5.34. The minimum atomic E-state index is 0.188. The summed E-state index contributed by atoms with van der Waals surface area (Å²) in [6, 6.07) is 7.90. The van der Waals surface area contributed by atoms with Crippen molar-refractivity contribution in [3.8, 4) is 17.1 Å². The number of rotatable bonds is 6. The van der Waals surface area contributed by atoms with Crippen LogP contribution in [0.3, 0.4) is 0 Å². The zero-order chi connectivity index (χ0) is 17.6. The lowest BCUT2D eigenvalue weighted by molar-refractivity contribution is -0.135. The highest BCUT2D eigenvalue weighted by atomic mass is 16.5. The number of piperidine rings is 1. The van der Waals surface area contributed by atoms with Crippen molar-refractivity contribution in [3.05, 3.63) is 30.2 Å². The quantitative estimate of drug-likeness (QED) is 0.803. The average molecular weight is 343 g/mol. The summed E-state index contributed by atoms with van der Waals surface area (Å²) in [4.78, 5) is 19.0. The van der Waals surface area contributed by atoms with Crippen molar-refractivity contribution in [1.82, 2.24) is 15.0 Å². The van der Waals surface area contributed by atoms with Gasteiger partial charge in [0.05, 0.1) is 7.11 Å². The molecule has 0 saturated carbocycles. The normalized spacial score (nSPS) is 17.5. The number of amides is 1. The van der Waals surface area contributed by atoms with Crippen LogP contribution in [0.4, 0.5) is 0 Å². The molecule has 1 fully saturated rings. The van der Waals surface area contributed by atoms with Crippen molar-refractivity contribution in [2.75, 3.05) is 13.7 Å². The van der Waals surface area contributed by atoms with E-state index in [9.17, 15) is 4.79 Å². The first kappa shape index (κ1) is 17.5. The van der Waals surface area contributed by atoms with E-state index in [1.54, 1.807) is 7.11 Å². The van der Waals surface area contributed by atoms with Crippen molar-refractivity contribution in [2.24, 2.45) is 0 Å². The first-order valence-corrected chi connectivity index (χ1v) is 8.97. The Hall–Kier alpha value is -2.37. The van der Waals surface area contributed by atoms with Gasteiger partial charge in [0, 0.05) is 31.0 Å². The van der Waals surface area contributed by atoms with Crippen molar-refractivity contribution >= 4 is 5.91 Å². The van der Waals surface area contributed by atoms with Crippen LogP contribution in [0.5, 0.6) is 5.75 Å². The molecule has 0 bridgehead atoms. The molecule has 25 heavy (non-hydrogen) atoms. The Balaban J connectivity index is 1.60. The van der Waals surface area contributed by atoms with Crippen LogP contribution >= 0.6 is 0 Å². The molecule has 134 valence electrons. The second-order valence-corrected chi connectivity index (χ2v) is 6.39. The Morgan fingerprint density at radius 1 is 1.40 bits per heavy atom. The summed E-state index contributed by atoms with van der Waals surface area (Å²) in [5.74, 6) is 1.95. The zero-order valence-electron chi connectivity index (χ0n) is 14.9. The Labute approximate surface area is 148 Å². The topological polar surface area (TPSA) is 68.5 Å². The number of hydrogen-bond acceptors (Lipinski definition) is 5. The lowest BCUT2D eigenvalue weighted by atomic mass is 9.99. The van der Waals surface area contributed by atoms with Crippen LogP contribution < -0.4 is 4.74 Å². The first-order chi connectivity index (χ1) is 12.2. The number of aryl methyl sites for hydroxylation is 1. The minimum Gasteiger partial charge on any atom is -0.497 e. The van der Waals surface area contributed by atoms with Crippen LogP contribution in [0.2, 0.25) is 0 Å². The fourth-order valence-electron chi connectivity index (χ4n) is 3.35. The smallest absolute Gasteiger partial charge is 0.227 e. The molecule has 1 amide bonds. The van der Waals surface area contributed by atoms with E-state index in [0.29, 0.717) is 30.6 Å². The van der Waals surface area contributed by atoms with Gasteiger partial charge < -0.3 is 14.2 Å². The number of hydrogen-bond donors (Lipinski definition) is 0. The van der Waals surface area contributed by atoms with E-state index in [1.165, 1.54) is 6.42 Å². The van der Waals surface area contributed by atoms with Crippen molar-refractivity contribution in [1.29, 1.82) is 0 Å². The predicted molar refractivity (Wildman–Crippen MR) is 94.3 cm³/mol. The van der Waals surface area contributed by atoms with Crippen LogP contribution in [-0.4, -0.2) is 40.6 Å². The number of nitrogens with zero attached hydrogens (tertiary/aromatic N) is 3. The van der Waals surface area contributed by atoms with E-state index in [2.05, 4.69) is 17.1 Å². The Morgan fingerprint density at radius 3 is 3.08 bits per heavy atom. The average Bonchev–Trinajstić information content (AvgIpc) is 3.15. The number of carbonyl (C=O) groups excluding carboxylic acids is 1. The van der Waals surface area contributed by atoms with E-state index < -0.39 is 0 Å². The molecule has 0 spiro atoms. The molecule has 3 rings (SSSR count). The van der Waals surface area contributed by atoms with Crippen LogP contribution in [0.15, 0.2) is 28.8 Å². The molecule has 2 heterocycles. The van der Waals surface area contributed by atoms with E-state index in [4.69, 9.17) is 9.26 Å². The molecule has 1 saturated heterocycles. The molecule has 1 aromatic heterocycles. The molecule has 1 atom stereocenters. The third kappa shape index (κ3) is 4.18. The van der Waals surface area contributed by atoms with Gasteiger partial charge in [-0.1, -0.05) is 24.2 Å². The molecule has 6 nitrogen and oxygen atoms in total.